The minimum absolute atomic E-state index is 0.335. The Bertz CT molecular complexity index is 629. The number of urea groups is 1. The van der Waals surface area contributed by atoms with Crippen LogP contribution in [0, 0.1) is 0 Å². The van der Waals surface area contributed by atoms with Gasteiger partial charge in [-0.3, -0.25) is 24.1 Å². The van der Waals surface area contributed by atoms with Crippen molar-refractivity contribution >= 4 is 29.7 Å². The van der Waals surface area contributed by atoms with Gasteiger partial charge in [-0.05, 0) is 26.2 Å². The molecule has 2 rings (SSSR count). The number of nitrogens with zero attached hydrogens (tertiary/aromatic N) is 1. The lowest BCUT2D eigenvalue weighted by Gasteiger charge is -2.19. The largest absolute Gasteiger partial charge is 0.454 e. The van der Waals surface area contributed by atoms with Gasteiger partial charge >= 0.3 is 12.0 Å². The average Bonchev–Trinajstić information content (AvgIpc) is 3.18. The predicted octanol–water partition coefficient (Wildman–Crippen LogP) is -0.575. The summed E-state index contributed by atoms with van der Waals surface area (Å²) >= 11 is 0. The molecule has 0 aromatic heterocycles. The number of esters is 1. The molecule has 2 fully saturated rings. The first-order valence-corrected chi connectivity index (χ1v) is 9.16. The fraction of sp³-hybridized carbons (Fsp3) is 0.706. The van der Waals surface area contributed by atoms with Crippen LogP contribution in [0.25, 0.3) is 0 Å². The molecule has 1 saturated heterocycles. The second-order valence-electron chi connectivity index (χ2n) is 6.85. The van der Waals surface area contributed by atoms with Crippen molar-refractivity contribution in [3.8, 4) is 0 Å². The van der Waals surface area contributed by atoms with E-state index in [1.54, 1.807) is 0 Å². The number of carbonyl (C=O) groups excluding carboxylic acids is 5. The standard InChI is InChI=1S/C17H26N4O6/c1-3-8-18-14(24)11(2)19-12(22)10-27-13(23)9-21-15(25)17(20-16(21)26)6-4-5-7-17/h11H,3-10H2,1-2H3,(H,18,24)(H,19,22)(H,20,26)/t11-/m0/s1. The first kappa shape index (κ1) is 20.7. The van der Waals surface area contributed by atoms with Crippen molar-refractivity contribution in [3.05, 3.63) is 0 Å². The number of carbonyl (C=O) groups is 5. The van der Waals surface area contributed by atoms with Crippen molar-refractivity contribution in [1.82, 2.24) is 20.9 Å². The van der Waals surface area contributed by atoms with E-state index in [4.69, 9.17) is 4.74 Å². The van der Waals surface area contributed by atoms with E-state index in [2.05, 4.69) is 16.0 Å². The van der Waals surface area contributed by atoms with Crippen molar-refractivity contribution in [2.45, 2.75) is 57.5 Å². The molecule has 10 heteroatoms. The number of ether oxygens (including phenoxy) is 1. The van der Waals surface area contributed by atoms with Crippen LogP contribution in [0.15, 0.2) is 0 Å². The normalized spacial score (nSPS) is 19.0. The number of hydrogen-bond donors (Lipinski definition) is 3. The van der Waals surface area contributed by atoms with Crippen LogP contribution in [0.5, 0.6) is 0 Å². The van der Waals surface area contributed by atoms with Crippen LogP contribution in [0.2, 0.25) is 0 Å². The maximum absolute atomic E-state index is 12.4. The fourth-order valence-corrected chi connectivity index (χ4v) is 3.21. The third kappa shape index (κ3) is 4.95. The van der Waals surface area contributed by atoms with Gasteiger partial charge in [0.1, 0.15) is 18.1 Å². The highest BCUT2D eigenvalue weighted by Gasteiger charge is 2.52. The molecule has 2 aliphatic rings. The Labute approximate surface area is 157 Å². The highest BCUT2D eigenvalue weighted by atomic mass is 16.5. The van der Waals surface area contributed by atoms with E-state index >= 15 is 0 Å². The maximum atomic E-state index is 12.4. The van der Waals surface area contributed by atoms with E-state index in [9.17, 15) is 24.0 Å². The monoisotopic (exact) mass is 382 g/mol. The second-order valence-corrected chi connectivity index (χ2v) is 6.85. The van der Waals surface area contributed by atoms with Crippen molar-refractivity contribution in [3.63, 3.8) is 0 Å². The Kier molecular flexibility index (Phi) is 6.75. The summed E-state index contributed by atoms with van der Waals surface area (Å²) in [4.78, 5) is 60.6. The van der Waals surface area contributed by atoms with Gasteiger partial charge in [0.2, 0.25) is 5.91 Å². The van der Waals surface area contributed by atoms with Crippen LogP contribution in [0.4, 0.5) is 4.79 Å². The summed E-state index contributed by atoms with van der Waals surface area (Å²) in [6, 6.07) is -1.39. The third-order valence-electron chi connectivity index (χ3n) is 4.67. The van der Waals surface area contributed by atoms with Gasteiger partial charge in [-0.2, -0.15) is 0 Å². The van der Waals surface area contributed by atoms with Gasteiger partial charge in [-0.25, -0.2) is 4.79 Å². The quantitative estimate of drug-likeness (QED) is 0.380. The molecule has 27 heavy (non-hydrogen) atoms. The highest BCUT2D eigenvalue weighted by molar-refractivity contribution is 6.08. The second kappa shape index (κ2) is 8.83. The molecule has 1 aliphatic carbocycles. The topological polar surface area (TPSA) is 134 Å². The van der Waals surface area contributed by atoms with Crippen molar-refractivity contribution in [2.24, 2.45) is 0 Å². The molecule has 0 aromatic rings. The number of amides is 5. The molecule has 1 heterocycles. The van der Waals surface area contributed by atoms with Crippen LogP contribution in [0.1, 0.15) is 46.0 Å². The SMILES string of the molecule is CCCNC(=O)[C@H](C)NC(=O)COC(=O)CN1C(=O)NC2(CCCC2)C1=O. The van der Waals surface area contributed by atoms with Crippen molar-refractivity contribution in [2.75, 3.05) is 19.7 Å². The van der Waals surface area contributed by atoms with Gasteiger partial charge in [-0.1, -0.05) is 19.8 Å². The molecule has 1 aliphatic heterocycles. The zero-order valence-electron chi connectivity index (χ0n) is 15.6. The molecule has 1 atom stereocenters. The molecule has 3 N–H and O–H groups in total. The van der Waals surface area contributed by atoms with Gasteiger partial charge in [0.25, 0.3) is 11.8 Å². The Morgan fingerprint density at radius 1 is 1.26 bits per heavy atom. The molecule has 1 saturated carbocycles. The fourth-order valence-electron chi connectivity index (χ4n) is 3.21. The zero-order valence-corrected chi connectivity index (χ0v) is 15.6. The lowest BCUT2D eigenvalue weighted by Crippen LogP contribution is -2.46. The van der Waals surface area contributed by atoms with E-state index in [1.165, 1.54) is 6.92 Å². The first-order valence-electron chi connectivity index (χ1n) is 9.16. The lowest BCUT2D eigenvalue weighted by molar-refractivity contribution is -0.151. The average molecular weight is 382 g/mol. The van der Waals surface area contributed by atoms with Crippen LogP contribution in [-0.2, 0) is 23.9 Å². The zero-order chi connectivity index (χ0) is 20.0. The summed E-state index contributed by atoms with van der Waals surface area (Å²) in [5, 5.41) is 7.70. The number of imide groups is 1. The molecular formula is C17H26N4O6. The summed E-state index contributed by atoms with van der Waals surface area (Å²) < 4.78 is 4.82. The van der Waals surface area contributed by atoms with Gasteiger partial charge in [0.05, 0.1) is 0 Å². The summed E-state index contributed by atoms with van der Waals surface area (Å²) in [6.07, 6.45) is 3.57. The molecule has 0 bridgehead atoms. The summed E-state index contributed by atoms with van der Waals surface area (Å²) in [5.74, 6) is -2.27. The van der Waals surface area contributed by atoms with Crippen LogP contribution in [-0.4, -0.2) is 65.9 Å². The molecule has 0 unspecified atom stereocenters. The molecule has 5 amide bonds. The Morgan fingerprint density at radius 3 is 2.56 bits per heavy atom. The first-order chi connectivity index (χ1) is 12.8. The van der Waals surface area contributed by atoms with Gasteiger partial charge in [0, 0.05) is 6.54 Å². The minimum atomic E-state index is -0.893. The molecule has 150 valence electrons. The number of nitrogens with one attached hydrogen (secondary N) is 3. The Morgan fingerprint density at radius 2 is 1.93 bits per heavy atom. The molecule has 1 spiro atoms. The van der Waals surface area contributed by atoms with Crippen LogP contribution in [0.3, 0.4) is 0 Å². The van der Waals surface area contributed by atoms with E-state index in [-0.39, 0.29) is 5.91 Å². The van der Waals surface area contributed by atoms with Gasteiger partial charge < -0.3 is 20.7 Å². The highest BCUT2D eigenvalue weighted by Crippen LogP contribution is 2.34. The molecular weight excluding hydrogens is 356 g/mol. The van der Waals surface area contributed by atoms with E-state index in [1.807, 2.05) is 6.92 Å². The summed E-state index contributed by atoms with van der Waals surface area (Å²) in [7, 11) is 0. The minimum Gasteiger partial charge on any atom is -0.454 e. The lowest BCUT2D eigenvalue weighted by atomic mass is 9.98. The molecule has 0 radical (unpaired) electrons. The number of hydrogen-bond acceptors (Lipinski definition) is 6. The van der Waals surface area contributed by atoms with Crippen molar-refractivity contribution in [1.29, 1.82) is 0 Å². The van der Waals surface area contributed by atoms with E-state index in [0.29, 0.717) is 19.4 Å². The maximum Gasteiger partial charge on any atom is 0.326 e. The van der Waals surface area contributed by atoms with Crippen molar-refractivity contribution < 1.29 is 28.7 Å². The Hall–Kier alpha value is -2.65. The Balaban J connectivity index is 1.76. The molecule has 10 nitrogen and oxygen atoms in total. The summed E-state index contributed by atoms with van der Waals surface area (Å²) in [5.41, 5.74) is -0.893. The smallest absolute Gasteiger partial charge is 0.326 e. The van der Waals surface area contributed by atoms with Gasteiger partial charge in [-0.15, -0.1) is 0 Å². The number of rotatable bonds is 8. The van der Waals surface area contributed by atoms with E-state index < -0.39 is 48.5 Å². The van der Waals surface area contributed by atoms with Crippen LogP contribution >= 0.6 is 0 Å². The summed E-state index contributed by atoms with van der Waals surface area (Å²) in [6.45, 7) is 2.77. The van der Waals surface area contributed by atoms with Gasteiger partial charge in [0.15, 0.2) is 6.61 Å². The molecule has 0 aromatic carbocycles. The van der Waals surface area contributed by atoms with E-state index in [0.717, 1.165) is 24.2 Å². The third-order valence-corrected chi connectivity index (χ3v) is 4.67. The predicted molar refractivity (Wildman–Crippen MR) is 93.3 cm³/mol. The van der Waals surface area contributed by atoms with Crippen LogP contribution < -0.4 is 16.0 Å².